The number of carbonyl (C=O) groups excluding carboxylic acids is 1. The molecule has 0 radical (unpaired) electrons. The first-order valence-corrected chi connectivity index (χ1v) is 8.43. The normalized spacial score (nSPS) is 16.1. The van der Waals surface area contributed by atoms with Crippen LogP contribution >= 0.6 is 24.0 Å². The van der Waals surface area contributed by atoms with Crippen LogP contribution in [0.3, 0.4) is 0 Å². The number of carbonyl (C=O) groups is 1. The molecule has 0 unspecified atom stereocenters. The fourth-order valence-corrected chi connectivity index (χ4v) is 2.49. The Kier molecular flexibility index (Phi) is 12.6. The first kappa shape index (κ1) is 21.5. The maximum atomic E-state index is 11.9. The summed E-state index contributed by atoms with van der Waals surface area (Å²) < 4.78 is 0. The molecule has 0 heterocycles. The molecule has 0 saturated heterocycles. The van der Waals surface area contributed by atoms with Gasteiger partial charge in [-0.05, 0) is 32.1 Å². The van der Waals surface area contributed by atoms with E-state index in [2.05, 4.69) is 34.8 Å². The first-order chi connectivity index (χ1) is 10.1. The summed E-state index contributed by atoms with van der Waals surface area (Å²) in [4.78, 5) is 16.3. The van der Waals surface area contributed by atoms with Crippen LogP contribution in [-0.2, 0) is 4.79 Å². The Hall–Kier alpha value is -0.530. The number of hydrogen-bond acceptors (Lipinski definition) is 2. The molecule has 0 spiro atoms. The maximum Gasteiger partial charge on any atom is 0.242 e. The largest absolute Gasteiger partial charge is 0.357 e. The SMILES string of the molecule is CCNC(=NCC(=O)NC1CCCCC1)NCCC(C)C.I. The second-order valence-corrected chi connectivity index (χ2v) is 6.21. The molecule has 130 valence electrons. The zero-order valence-corrected chi connectivity index (χ0v) is 16.6. The summed E-state index contributed by atoms with van der Waals surface area (Å²) in [6, 6.07) is 0.359. The van der Waals surface area contributed by atoms with Crippen molar-refractivity contribution in [3.8, 4) is 0 Å². The topological polar surface area (TPSA) is 65.5 Å². The van der Waals surface area contributed by atoms with E-state index < -0.39 is 0 Å². The van der Waals surface area contributed by atoms with Crippen LogP contribution in [0.1, 0.15) is 59.3 Å². The minimum atomic E-state index is 0. The first-order valence-electron chi connectivity index (χ1n) is 8.43. The van der Waals surface area contributed by atoms with E-state index in [-0.39, 0.29) is 36.4 Å². The monoisotopic (exact) mass is 424 g/mol. The molecule has 0 bridgehead atoms. The molecule has 0 atom stereocenters. The van der Waals surface area contributed by atoms with Crippen molar-refractivity contribution in [2.45, 2.75) is 65.3 Å². The maximum absolute atomic E-state index is 11.9. The Labute approximate surface area is 152 Å². The van der Waals surface area contributed by atoms with Crippen molar-refractivity contribution >= 4 is 35.8 Å². The van der Waals surface area contributed by atoms with E-state index in [0.29, 0.717) is 12.0 Å². The van der Waals surface area contributed by atoms with Crippen LogP contribution in [-0.4, -0.2) is 37.5 Å². The van der Waals surface area contributed by atoms with Crippen molar-refractivity contribution in [1.82, 2.24) is 16.0 Å². The van der Waals surface area contributed by atoms with Crippen LogP contribution in [0.5, 0.6) is 0 Å². The molecule has 5 nitrogen and oxygen atoms in total. The third kappa shape index (κ3) is 10.2. The number of aliphatic imine (C=N–C) groups is 1. The molecule has 0 aromatic heterocycles. The summed E-state index contributed by atoms with van der Waals surface area (Å²) >= 11 is 0. The Morgan fingerprint density at radius 3 is 2.45 bits per heavy atom. The number of nitrogens with one attached hydrogen (secondary N) is 3. The molecule has 1 aliphatic carbocycles. The van der Waals surface area contributed by atoms with E-state index in [1.165, 1.54) is 19.3 Å². The van der Waals surface area contributed by atoms with Crippen molar-refractivity contribution in [3.63, 3.8) is 0 Å². The summed E-state index contributed by atoms with van der Waals surface area (Å²) in [6.07, 6.45) is 7.08. The predicted octanol–water partition coefficient (Wildman–Crippen LogP) is 2.65. The second-order valence-electron chi connectivity index (χ2n) is 6.21. The van der Waals surface area contributed by atoms with Crippen molar-refractivity contribution < 1.29 is 4.79 Å². The summed E-state index contributed by atoms with van der Waals surface area (Å²) in [7, 11) is 0. The van der Waals surface area contributed by atoms with Gasteiger partial charge < -0.3 is 16.0 Å². The van der Waals surface area contributed by atoms with Crippen LogP contribution in [0.4, 0.5) is 0 Å². The Morgan fingerprint density at radius 1 is 1.18 bits per heavy atom. The molecule has 1 rings (SSSR count). The van der Waals surface area contributed by atoms with E-state index in [4.69, 9.17) is 0 Å². The van der Waals surface area contributed by atoms with Gasteiger partial charge in [-0.25, -0.2) is 4.99 Å². The minimum absolute atomic E-state index is 0. The molecule has 3 N–H and O–H groups in total. The third-order valence-corrected chi connectivity index (χ3v) is 3.71. The third-order valence-electron chi connectivity index (χ3n) is 3.71. The summed E-state index contributed by atoms with van der Waals surface area (Å²) in [5.74, 6) is 1.43. The van der Waals surface area contributed by atoms with Crippen molar-refractivity contribution in [3.05, 3.63) is 0 Å². The van der Waals surface area contributed by atoms with E-state index in [1.807, 2.05) is 6.92 Å². The fraction of sp³-hybridized carbons (Fsp3) is 0.875. The lowest BCUT2D eigenvalue weighted by molar-refractivity contribution is -0.120. The van der Waals surface area contributed by atoms with Crippen LogP contribution in [0, 0.1) is 5.92 Å². The van der Waals surface area contributed by atoms with Gasteiger partial charge in [0, 0.05) is 19.1 Å². The molecule has 0 aromatic rings. The van der Waals surface area contributed by atoms with Crippen LogP contribution in [0.25, 0.3) is 0 Å². The van der Waals surface area contributed by atoms with E-state index in [9.17, 15) is 4.79 Å². The quantitative estimate of drug-likeness (QED) is 0.335. The Morgan fingerprint density at radius 2 is 1.86 bits per heavy atom. The highest BCUT2D eigenvalue weighted by Crippen LogP contribution is 2.17. The summed E-state index contributed by atoms with van der Waals surface area (Å²) in [5.41, 5.74) is 0. The molecule has 0 aromatic carbocycles. The van der Waals surface area contributed by atoms with Crippen molar-refractivity contribution in [1.29, 1.82) is 0 Å². The number of nitrogens with zero attached hydrogens (tertiary/aromatic N) is 1. The Balaban J connectivity index is 0.00000441. The van der Waals surface area contributed by atoms with E-state index in [0.717, 1.165) is 38.3 Å². The van der Waals surface area contributed by atoms with Gasteiger partial charge in [0.2, 0.25) is 5.91 Å². The zero-order valence-electron chi connectivity index (χ0n) is 14.3. The summed E-state index contributed by atoms with van der Waals surface area (Å²) in [6.45, 7) is 8.31. The van der Waals surface area contributed by atoms with Crippen LogP contribution < -0.4 is 16.0 Å². The van der Waals surface area contributed by atoms with Crippen molar-refractivity contribution in [2.75, 3.05) is 19.6 Å². The highest BCUT2D eigenvalue weighted by atomic mass is 127. The van der Waals surface area contributed by atoms with E-state index in [1.54, 1.807) is 0 Å². The van der Waals surface area contributed by atoms with Crippen molar-refractivity contribution in [2.24, 2.45) is 10.9 Å². The molecule has 1 amide bonds. The molecule has 1 fully saturated rings. The minimum Gasteiger partial charge on any atom is -0.357 e. The van der Waals surface area contributed by atoms with Gasteiger partial charge in [0.25, 0.3) is 0 Å². The summed E-state index contributed by atoms with van der Waals surface area (Å²) in [5, 5.41) is 9.53. The molecule has 1 aliphatic rings. The molecular weight excluding hydrogens is 391 g/mol. The van der Waals surface area contributed by atoms with Gasteiger partial charge in [0.1, 0.15) is 6.54 Å². The fourth-order valence-electron chi connectivity index (χ4n) is 2.49. The highest BCUT2D eigenvalue weighted by Gasteiger charge is 2.15. The second kappa shape index (κ2) is 13.0. The Bertz CT molecular complexity index is 328. The number of guanidine groups is 1. The smallest absolute Gasteiger partial charge is 0.242 e. The molecule has 1 saturated carbocycles. The average molecular weight is 424 g/mol. The van der Waals surface area contributed by atoms with Gasteiger partial charge in [-0.1, -0.05) is 33.1 Å². The lowest BCUT2D eigenvalue weighted by Crippen LogP contribution is -2.41. The van der Waals surface area contributed by atoms with Crippen LogP contribution in [0.15, 0.2) is 4.99 Å². The number of amides is 1. The lowest BCUT2D eigenvalue weighted by Gasteiger charge is -2.22. The van der Waals surface area contributed by atoms with Gasteiger partial charge in [-0.3, -0.25) is 4.79 Å². The van der Waals surface area contributed by atoms with Gasteiger partial charge >= 0.3 is 0 Å². The number of rotatable bonds is 7. The highest BCUT2D eigenvalue weighted by molar-refractivity contribution is 14.0. The predicted molar refractivity (Wildman–Crippen MR) is 104 cm³/mol. The molecule has 6 heteroatoms. The molecular formula is C16H33IN4O. The van der Waals surface area contributed by atoms with E-state index >= 15 is 0 Å². The van der Waals surface area contributed by atoms with Gasteiger partial charge in [-0.2, -0.15) is 0 Å². The van der Waals surface area contributed by atoms with Gasteiger partial charge in [-0.15, -0.1) is 24.0 Å². The lowest BCUT2D eigenvalue weighted by atomic mass is 9.95. The molecule has 22 heavy (non-hydrogen) atoms. The van der Waals surface area contributed by atoms with Crippen LogP contribution in [0.2, 0.25) is 0 Å². The zero-order chi connectivity index (χ0) is 15.5. The average Bonchev–Trinajstić information content (AvgIpc) is 2.45. The molecule has 0 aliphatic heterocycles. The standard InChI is InChI=1S/C16H32N4O.HI/c1-4-17-16(18-11-10-13(2)3)19-12-15(21)20-14-8-6-5-7-9-14;/h13-14H,4-12H2,1-3H3,(H,20,21)(H2,17,18,19);1H. The number of hydrogen-bond donors (Lipinski definition) is 3. The van der Waals surface area contributed by atoms with Gasteiger partial charge in [0.15, 0.2) is 5.96 Å². The van der Waals surface area contributed by atoms with Gasteiger partial charge in [0.05, 0.1) is 0 Å². The number of halogens is 1.